The van der Waals surface area contributed by atoms with E-state index < -0.39 is 0 Å². The smallest absolute Gasteiger partial charge is 0.307 e. The van der Waals surface area contributed by atoms with Crippen molar-refractivity contribution >= 4 is 28.6 Å². The number of amides is 2. The molecule has 0 aromatic carbocycles. The van der Waals surface area contributed by atoms with Crippen molar-refractivity contribution in [3.63, 3.8) is 0 Å². The molecule has 3 nitrogen and oxygen atoms in total. The lowest BCUT2D eigenvalue weighted by Crippen LogP contribution is -2.37. The minimum Gasteiger partial charge on any atom is -0.307 e. The highest BCUT2D eigenvalue weighted by atomic mass is 127. The fraction of sp³-hybridized carbons (Fsp3) is 0.222. The third-order valence-electron chi connectivity index (χ3n) is 1.52. The second kappa shape index (κ2) is 4.33. The van der Waals surface area contributed by atoms with Crippen molar-refractivity contribution in [1.29, 1.82) is 0 Å². The minimum atomic E-state index is -0.176. The first-order valence-corrected chi connectivity index (χ1v) is 5.17. The fourth-order valence-corrected chi connectivity index (χ4v) is 1.04. The first-order chi connectivity index (χ1) is 6.15. The summed E-state index contributed by atoms with van der Waals surface area (Å²) in [4.78, 5) is 12.5. The number of carbonyl (C=O) groups excluding carboxylic acids is 1. The maximum Gasteiger partial charge on any atom is 0.325 e. The normalized spacial score (nSPS) is 15.8. The van der Waals surface area contributed by atoms with E-state index in [1.54, 1.807) is 13.2 Å². The second-order valence-electron chi connectivity index (χ2n) is 2.50. The third-order valence-corrected chi connectivity index (χ3v) is 1.90. The number of carbonyl (C=O) groups is 1. The van der Waals surface area contributed by atoms with Crippen LogP contribution in [0.2, 0.25) is 0 Å². The van der Waals surface area contributed by atoms with E-state index >= 15 is 0 Å². The molecule has 0 spiro atoms. The number of alkyl halides is 1. The number of hydrogen-bond acceptors (Lipinski definition) is 1. The van der Waals surface area contributed by atoms with Gasteiger partial charge in [0, 0.05) is 13.2 Å². The van der Waals surface area contributed by atoms with E-state index in [1.165, 1.54) is 4.90 Å². The van der Waals surface area contributed by atoms with Crippen LogP contribution in [0.1, 0.15) is 0 Å². The van der Waals surface area contributed by atoms with Gasteiger partial charge in [-0.2, -0.15) is 0 Å². The first-order valence-electron chi connectivity index (χ1n) is 3.65. The second-order valence-corrected chi connectivity index (χ2v) is 3.26. The van der Waals surface area contributed by atoms with E-state index in [0.717, 1.165) is 10.0 Å². The van der Waals surface area contributed by atoms with E-state index in [2.05, 4.69) is 46.3 Å². The van der Waals surface area contributed by atoms with Gasteiger partial charge in [0.05, 0.1) is 15.7 Å². The van der Waals surface area contributed by atoms with E-state index in [4.69, 9.17) is 0 Å². The molecule has 13 heavy (non-hydrogen) atoms. The average Bonchev–Trinajstić information content (AvgIpc) is 2.09. The van der Waals surface area contributed by atoms with E-state index in [9.17, 15) is 4.79 Å². The summed E-state index contributed by atoms with van der Waals surface area (Å²) in [6, 6.07) is -0.176. The van der Waals surface area contributed by atoms with Crippen LogP contribution in [-0.2, 0) is 0 Å². The Morgan fingerprint density at radius 2 is 2.46 bits per heavy atom. The monoisotopic (exact) mass is 288 g/mol. The molecule has 0 saturated carbocycles. The fourth-order valence-electron chi connectivity index (χ4n) is 0.851. The van der Waals surface area contributed by atoms with Crippen LogP contribution in [0, 0.1) is 11.8 Å². The molecular formula is C9H9IN2O. The van der Waals surface area contributed by atoms with Gasteiger partial charge in [-0.05, 0) is 0 Å². The van der Waals surface area contributed by atoms with Crippen LogP contribution in [0.25, 0.3) is 0 Å². The molecule has 0 aromatic heterocycles. The van der Waals surface area contributed by atoms with Gasteiger partial charge in [0.1, 0.15) is 0 Å². The molecule has 0 bridgehead atoms. The van der Waals surface area contributed by atoms with Crippen molar-refractivity contribution in [2.24, 2.45) is 0 Å². The average molecular weight is 288 g/mol. The molecule has 1 rings (SSSR count). The van der Waals surface area contributed by atoms with Crippen LogP contribution in [0.4, 0.5) is 4.79 Å². The number of allylic oxidation sites excluding steroid dienone is 1. The number of nitrogens with zero attached hydrogens (tertiary/aromatic N) is 1. The molecule has 2 amide bonds. The Balaban J connectivity index is 2.90. The van der Waals surface area contributed by atoms with Gasteiger partial charge in [0.25, 0.3) is 0 Å². The third kappa shape index (κ3) is 2.49. The molecule has 1 heterocycles. The molecule has 0 aromatic rings. The Bertz CT molecular complexity index is 335. The predicted octanol–water partition coefficient (Wildman–Crippen LogP) is 1.48. The van der Waals surface area contributed by atoms with Gasteiger partial charge >= 0.3 is 6.03 Å². The lowest BCUT2D eigenvalue weighted by Gasteiger charge is -2.21. The quantitative estimate of drug-likeness (QED) is 0.409. The summed E-state index contributed by atoms with van der Waals surface area (Å²) in [6.07, 6.45) is 1.68. The highest BCUT2D eigenvalue weighted by molar-refractivity contribution is 14.1. The van der Waals surface area contributed by atoms with Gasteiger partial charge in [-0.1, -0.05) is 41.0 Å². The van der Waals surface area contributed by atoms with Crippen molar-refractivity contribution in [2.75, 3.05) is 11.5 Å². The molecule has 0 saturated heterocycles. The summed E-state index contributed by atoms with van der Waals surface area (Å²) in [7, 11) is 1.67. The van der Waals surface area contributed by atoms with Gasteiger partial charge in [0.15, 0.2) is 0 Å². The molecule has 0 radical (unpaired) electrons. The van der Waals surface area contributed by atoms with E-state index in [1.807, 2.05) is 0 Å². The zero-order valence-corrected chi connectivity index (χ0v) is 9.38. The lowest BCUT2D eigenvalue weighted by atomic mass is 10.2. The Hall–Kier alpha value is -0.960. The van der Waals surface area contributed by atoms with Crippen LogP contribution in [-0.4, -0.2) is 22.4 Å². The maximum atomic E-state index is 11.1. The highest BCUT2D eigenvalue weighted by Gasteiger charge is 2.15. The van der Waals surface area contributed by atoms with Crippen LogP contribution < -0.4 is 5.32 Å². The summed E-state index contributed by atoms with van der Waals surface area (Å²) in [5.41, 5.74) is 1.33. The van der Waals surface area contributed by atoms with Crippen molar-refractivity contribution in [3.05, 3.63) is 24.0 Å². The largest absolute Gasteiger partial charge is 0.325 e. The molecule has 68 valence electrons. The number of hydrogen-bond donors (Lipinski definition) is 1. The molecule has 0 atom stereocenters. The standard InChI is InChI=1S/C9H9IN2O/c1-7-8(4-3-5-10)6-12(2)9(13)11-7/h6H,1,5H2,2H3,(H,11,13). The molecule has 1 aliphatic heterocycles. The Labute approximate surface area is 91.0 Å². The maximum absolute atomic E-state index is 11.1. The number of halogens is 1. The summed E-state index contributed by atoms with van der Waals surface area (Å²) >= 11 is 2.17. The van der Waals surface area contributed by atoms with Crippen molar-refractivity contribution in [2.45, 2.75) is 0 Å². The van der Waals surface area contributed by atoms with E-state index in [0.29, 0.717) is 5.70 Å². The summed E-state index contributed by atoms with van der Waals surface area (Å²) in [6.45, 7) is 3.70. The predicted molar refractivity (Wildman–Crippen MR) is 60.2 cm³/mol. The Kier molecular flexibility index (Phi) is 3.37. The molecule has 0 fully saturated rings. The van der Waals surface area contributed by atoms with Gasteiger partial charge in [-0.3, -0.25) is 0 Å². The van der Waals surface area contributed by atoms with Crippen LogP contribution >= 0.6 is 22.6 Å². The molecule has 0 unspecified atom stereocenters. The zero-order valence-electron chi connectivity index (χ0n) is 7.22. The van der Waals surface area contributed by atoms with Gasteiger partial charge in [-0.15, -0.1) is 0 Å². The van der Waals surface area contributed by atoms with Crippen LogP contribution in [0.15, 0.2) is 24.0 Å². The highest BCUT2D eigenvalue weighted by Crippen LogP contribution is 2.10. The van der Waals surface area contributed by atoms with Crippen molar-refractivity contribution in [3.8, 4) is 11.8 Å². The van der Waals surface area contributed by atoms with Gasteiger partial charge in [-0.25, -0.2) is 4.79 Å². The molecule has 1 N–H and O–H groups in total. The van der Waals surface area contributed by atoms with E-state index in [-0.39, 0.29) is 6.03 Å². The summed E-state index contributed by atoms with van der Waals surface area (Å²) in [5, 5.41) is 2.61. The number of nitrogens with one attached hydrogen (secondary N) is 1. The SMILES string of the molecule is C=C1NC(=O)N(C)C=C1C#CCI. The number of urea groups is 1. The van der Waals surface area contributed by atoms with Crippen LogP contribution in [0.5, 0.6) is 0 Å². The van der Waals surface area contributed by atoms with Crippen molar-refractivity contribution in [1.82, 2.24) is 10.2 Å². The number of rotatable bonds is 0. The topological polar surface area (TPSA) is 32.3 Å². The van der Waals surface area contributed by atoms with Gasteiger partial charge < -0.3 is 10.2 Å². The summed E-state index contributed by atoms with van der Waals surface area (Å²) < 4.78 is 0.764. The zero-order chi connectivity index (χ0) is 9.84. The first kappa shape index (κ1) is 10.1. The van der Waals surface area contributed by atoms with Crippen molar-refractivity contribution < 1.29 is 4.79 Å². The van der Waals surface area contributed by atoms with Gasteiger partial charge in [0.2, 0.25) is 0 Å². The summed E-state index contributed by atoms with van der Waals surface area (Å²) in [5.74, 6) is 5.83. The van der Waals surface area contributed by atoms with Crippen LogP contribution in [0.3, 0.4) is 0 Å². The molecule has 0 aliphatic carbocycles. The molecule has 4 heteroatoms. The minimum absolute atomic E-state index is 0.176. The lowest BCUT2D eigenvalue weighted by molar-refractivity contribution is 0.223. The Morgan fingerprint density at radius 1 is 1.77 bits per heavy atom. The molecular weight excluding hydrogens is 279 g/mol. The molecule has 1 aliphatic rings. The Morgan fingerprint density at radius 3 is 3.08 bits per heavy atom.